The standard InChI is InChI=1S/C14H9Cl4N3O3/c15-9-10(16)12(21-13(18)11(9)17)14(23)20-6-1-3-7(4-2-6)24-5-8(19)22/h1-4H,5H2,(H2,19,22)(H,20,23). The van der Waals surface area contributed by atoms with E-state index < -0.39 is 11.8 Å². The van der Waals surface area contributed by atoms with Gasteiger partial charge in [-0.25, -0.2) is 4.98 Å². The second-order valence-corrected chi connectivity index (χ2v) is 5.92. The Hall–Kier alpha value is -1.73. The highest BCUT2D eigenvalue weighted by atomic mass is 35.5. The highest BCUT2D eigenvalue weighted by Crippen LogP contribution is 2.36. The fraction of sp³-hybridized carbons (Fsp3) is 0.0714. The van der Waals surface area contributed by atoms with Crippen LogP contribution in [0.1, 0.15) is 10.5 Å². The van der Waals surface area contributed by atoms with Crippen molar-refractivity contribution in [2.45, 2.75) is 0 Å². The molecule has 0 aliphatic heterocycles. The van der Waals surface area contributed by atoms with Crippen molar-refractivity contribution in [3.05, 3.63) is 50.2 Å². The van der Waals surface area contributed by atoms with E-state index in [-0.39, 0.29) is 32.5 Å². The van der Waals surface area contributed by atoms with Gasteiger partial charge in [0, 0.05) is 5.69 Å². The third-order valence-corrected chi connectivity index (χ3v) is 4.37. The Labute approximate surface area is 156 Å². The Bertz CT molecular complexity index is 797. The first-order valence-electron chi connectivity index (χ1n) is 6.32. The van der Waals surface area contributed by atoms with Crippen molar-refractivity contribution in [3.8, 4) is 5.75 Å². The van der Waals surface area contributed by atoms with Gasteiger partial charge in [0.05, 0.1) is 15.1 Å². The van der Waals surface area contributed by atoms with Crippen LogP contribution in [0, 0.1) is 0 Å². The zero-order valence-electron chi connectivity index (χ0n) is 11.8. The van der Waals surface area contributed by atoms with Crippen LogP contribution in [0.25, 0.3) is 0 Å². The second kappa shape index (κ2) is 7.90. The largest absolute Gasteiger partial charge is 0.484 e. The summed E-state index contributed by atoms with van der Waals surface area (Å²) in [6.45, 7) is -0.243. The highest BCUT2D eigenvalue weighted by Gasteiger charge is 2.20. The van der Waals surface area contributed by atoms with Crippen LogP contribution in [0.3, 0.4) is 0 Å². The molecule has 2 aromatic rings. The number of rotatable bonds is 5. The van der Waals surface area contributed by atoms with Crippen molar-refractivity contribution < 1.29 is 14.3 Å². The number of hydrogen-bond acceptors (Lipinski definition) is 4. The molecule has 3 N–H and O–H groups in total. The molecule has 0 bridgehead atoms. The van der Waals surface area contributed by atoms with Gasteiger partial charge >= 0.3 is 0 Å². The topological polar surface area (TPSA) is 94.3 Å². The molecular formula is C14H9Cl4N3O3. The zero-order valence-corrected chi connectivity index (χ0v) is 14.8. The van der Waals surface area contributed by atoms with Crippen molar-refractivity contribution in [3.63, 3.8) is 0 Å². The summed E-state index contributed by atoms with van der Waals surface area (Å²) >= 11 is 23.5. The summed E-state index contributed by atoms with van der Waals surface area (Å²) in [5.74, 6) is -0.795. The van der Waals surface area contributed by atoms with Crippen LogP contribution < -0.4 is 15.8 Å². The molecule has 0 saturated heterocycles. The molecule has 10 heteroatoms. The molecule has 1 aromatic heterocycles. The molecule has 0 radical (unpaired) electrons. The first kappa shape index (κ1) is 18.6. The van der Waals surface area contributed by atoms with Crippen molar-refractivity contribution in [2.24, 2.45) is 5.73 Å². The minimum Gasteiger partial charge on any atom is -0.484 e. The number of hydrogen-bond donors (Lipinski definition) is 2. The van der Waals surface area contributed by atoms with E-state index in [0.717, 1.165) is 0 Å². The van der Waals surface area contributed by atoms with Crippen molar-refractivity contribution in [1.29, 1.82) is 0 Å². The predicted octanol–water partition coefficient (Wildman–Crippen LogP) is 3.81. The van der Waals surface area contributed by atoms with Gasteiger partial charge in [-0.1, -0.05) is 46.4 Å². The van der Waals surface area contributed by atoms with Gasteiger partial charge in [-0.05, 0) is 24.3 Å². The van der Waals surface area contributed by atoms with E-state index in [0.29, 0.717) is 11.4 Å². The number of carbonyl (C=O) groups excluding carboxylic acids is 2. The first-order valence-corrected chi connectivity index (χ1v) is 7.83. The van der Waals surface area contributed by atoms with Crippen molar-refractivity contribution >= 4 is 63.9 Å². The maximum absolute atomic E-state index is 12.2. The number of pyridine rings is 1. The number of nitrogens with two attached hydrogens (primary N) is 1. The van der Waals surface area contributed by atoms with Crippen LogP contribution in [-0.4, -0.2) is 23.4 Å². The Kier molecular flexibility index (Phi) is 6.12. The van der Waals surface area contributed by atoms with Crippen LogP contribution in [0.5, 0.6) is 5.75 Å². The molecule has 0 aliphatic carbocycles. The number of aromatic nitrogens is 1. The molecule has 0 saturated carbocycles. The van der Waals surface area contributed by atoms with Crippen LogP contribution in [0.2, 0.25) is 20.2 Å². The quantitative estimate of drug-likeness (QED) is 0.735. The van der Waals surface area contributed by atoms with Gasteiger partial charge in [0.2, 0.25) is 0 Å². The summed E-state index contributed by atoms with van der Waals surface area (Å²) in [7, 11) is 0. The molecule has 0 aliphatic rings. The molecule has 6 nitrogen and oxygen atoms in total. The number of carbonyl (C=O) groups is 2. The lowest BCUT2D eigenvalue weighted by Crippen LogP contribution is -2.20. The van der Waals surface area contributed by atoms with E-state index >= 15 is 0 Å². The SMILES string of the molecule is NC(=O)COc1ccc(NC(=O)c2nc(Cl)c(Cl)c(Cl)c2Cl)cc1. The lowest BCUT2D eigenvalue weighted by atomic mass is 10.2. The van der Waals surface area contributed by atoms with Gasteiger partial charge in [-0.15, -0.1) is 0 Å². The highest BCUT2D eigenvalue weighted by molar-refractivity contribution is 6.52. The Balaban J connectivity index is 2.14. The van der Waals surface area contributed by atoms with E-state index in [4.69, 9.17) is 56.9 Å². The molecule has 0 unspecified atom stereocenters. The molecule has 2 rings (SSSR count). The first-order chi connectivity index (χ1) is 11.3. The van der Waals surface area contributed by atoms with Gasteiger partial charge in [0.15, 0.2) is 6.61 Å². The van der Waals surface area contributed by atoms with E-state index in [1.807, 2.05) is 0 Å². The fourth-order valence-corrected chi connectivity index (χ4v) is 2.43. The maximum atomic E-state index is 12.2. The molecule has 1 heterocycles. The average Bonchev–Trinajstić information content (AvgIpc) is 2.55. The van der Waals surface area contributed by atoms with Crippen LogP contribution in [0.15, 0.2) is 24.3 Å². The molecule has 0 fully saturated rings. The molecule has 126 valence electrons. The second-order valence-electron chi connectivity index (χ2n) is 4.43. The summed E-state index contributed by atoms with van der Waals surface area (Å²) < 4.78 is 5.11. The summed E-state index contributed by atoms with van der Waals surface area (Å²) in [6.07, 6.45) is 0. The molecule has 0 spiro atoms. The number of anilines is 1. The molecule has 1 aromatic carbocycles. The van der Waals surface area contributed by atoms with Crippen LogP contribution in [0.4, 0.5) is 5.69 Å². The fourth-order valence-electron chi connectivity index (χ4n) is 1.62. The maximum Gasteiger partial charge on any atom is 0.275 e. The predicted molar refractivity (Wildman–Crippen MR) is 93.4 cm³/mol. The summed E-state index contributed by atoms with van der Waals surface area (Å²) in [6, 6.07) is 6.22. The van der Waals surface area contributed by atoms with Gasteiger partial charge in [0.1, 0.15) is 16.6 Å². The Morgan fingerprint density at radius 2 is 1.67 bits per heavy atom. The Morgan fingerprint density at radius 1 is 1.04 bits per heavy atom. The van der Waals surface area contributed by atoms with Gasteiger partial charge in [-0.3, -0.25) is 9.59 Å². The minimum absolute atomic E-state index is 0.0316. The third-order valence-electron chi connectivity index (χ3n) is 2.69. The normalized spacial score (nSPS) is 10.3. The molecule has 2 amide bonds. The van der Waals surface area contributed by atoms with E-state index in [1.165, 1.54) is 0 Å². The zero-order chi connectivity index (χ0) is 17.9. The summed E-state index contributed by atoms with van der Waals surface area (Å²) in [4.78, 5) is 26.7. The van der Waals surface area contributed by atoms with Gasteiger partial charge in [-0.2, -0.15) is 0 Å². The summed E-state index contributed by atoms with van der Waals surface area (Å²) in [5, 5.41) is 2.24. The van der Waals surface area contributed by atoms with Gasteiger partial charge < -0.3 is 15.8 Å². The molecule has 24 heavy (non-hydrogen) atoms. The van der Waals surface area contributed by atoms with Crippen LogP contribution >= 0.6 is 46.4 Å². The third kappa shape index (κ3) is 4.42. The molecular weight excluding hydrogens is 400 g/mol. The lowest BCUT2D eigenvalue weighted by molar-refractivity contribution is -0.119. The summed E-state index contributed by atoms with van der Waals surface area (Å²) in [5.41, 5.74) is 5.25. The number of ether oxygens (including phenoxy) is 1. The average molecular weight is 409 g/mol. The number of benzene rings is 1. The Morgan fingerprint density at radius 3 is 2.25 bits per heavy atom. The number of amides is 2. The monoisotopic (exact) mass is 407 g/mol. The smallest absolute Gasteiger partial charge is 0.275 e. The number of primary amides is 1. The van der Waals surface area contributed by atoms with E-state index in [1.54, 1.807) is 24.3 Å². The van der Waals surface area contributed by atoms with Crippen molar-refractivity contribution in [2.75, 3.05) is 11.9 Å². The lowest BCUT2D eigenvalue weighted by Gasteiger charge is -2.10. The van der Waals surface area contributed by atoms with Crippen molar-refractivity contribution in [1.82, 2.24) is 4.98 Å². The number of halogens is 4. The molecule has 0 atom stereocenters. The minimum atomic E-state index is -0.619. The van der Waals surface area contributed by atoms with Crippen LogP contribution in [-0.2, 0) is 4.79 Å². The number of nitrogens with zero attached hydrogens (tertiary/aromatic N) is 1. The van der Waals surface area contributed by atoms with E-state index in [2.05, 4.69) is 10.3 Å². The van der Waals surface area contributed by atoms with E-state index in [9.17, 15) is 9.59 Å². The number of nitrogens with one attached hydrogen (secondary N) is 1. The van der Waals surface area contributed by atoms with Gasteiger partial charge in [0.25, 0.3) is 11.8 Å².